The van der Waals surface area contributed by atoms with Crippen molar-refractivity contribution in [3.05, 3.63) is 48.5 Å². The molecule has 1 saturated heterocycles. The zero-order valence-corrected chi connectivity index (χ0v) is 14.9. The lowest BCUT2D eigenvalue weighted by molar-refractivity contribution is -0.0459. The average Bonchev–Trinajstić information content (AvgIpc) is 3.28. The minimum Gasteiger partial charge on any atom is -0.394 e. The number of benzene rings is 1. The Labute approximate surface area is 159 Å². The van der Waals surface area contributed by atoms with Crippen LogP contribution >= 0.6 is 0 Å². The molecule has 9 nitrogen and oxygen atoms in total. The predicted molar refractivity (Wildman–Crippen MR) is 96.4 cm³/mol. The number of ether oxygens (including phenoxy) is 1. The number of imidazole rings is 1. The van der Waals surface area contributed by atoms with E-state index in [-0.39, 0.29) is 22.9 Å². The van der Waals surface area contributed by atoms with E-state index in [1.54, 1.807) is 31.3 Å². The van der Waals surface area contributed by atoms with Crippen molar-refractivity contribution in [2.45, 2.75) is 24.6 Å². The number of amides is 1. The molecule has 4 rings (SSSR count). The van der Waals surface area contributed by atoms with E-state index in [0.717, 1.165) is 0 Å². The first kappa shape index (κ1) is 18.4. The van der Waals surface area contributed by atoms with E-state index in [9.17, 15) is 19.4 Å². The summed E-state index contributed by atoms with van der Waals surface area (Å²) < 4.78 is 21.2. The van der Waals surface area contributed by atoms with Gasteiger partial charge in [-0.15, -0.1) is 0 Å². The monoisotopic (exact) mass is 387 g/mol. The molecule has 0 spiro atoms. The van der Waals surface area contributed by atoms with Crippen molar-refractivity contribution >= 4 is 22.9 Å². The second-order valence-electron chi connectivity index (χ2n) is 6.43. The van der Waals surface area contributed by atoms with Gasteiger partial charge in [0.25, 0.3) is 5.91 Å². The number of aliphatic hydroxyl groups is 2. The second kappa shape index (κ2) is 7.23. The quantitative estimate of drug-likeness (QED) is 0.677. The van der Waals surface area contributed by atoms with Gasteiger partial charge in [-0.25, -0.2) is 19.3 Å². The van der Waals surface area contributed by atoms with Gasteiger partial charge in [-0.1, -0.05) is 18.2 Å². The third-order valence-corrected chi connectivity index (χ3v) is 4.73. The number of fused-ring (bicyclic) bond motifs is 1. The van der Waals surface area contributed by atoms with Gasteiger partial charge in [-0.3, -0.25) is 14.3 Å². The van der Waals surface area contributed by atoms with Crippen molar-refractivity contribution in [1.29, 1.82) is 0 Å². The predicted octanol–water partition coefficient (Wildman–Crippen LogP) is 0.692. The summed E-state index contributed by atoms with van der Waals surface area (Å²) in [4.78, 5) is 26.6. The Morgan fingerprint density at radius 2 is 2.04 bits per heavy atom. The smallest absolute Gasteiger partial charge is 0.259 e. The summed E-state index contributed by atoms with van der Waals surface area (Å²) in [5, 5.41) is 19.1. The van der Waals surface area contributed by atoms with Crippen molar-refractivity contribution in [2.75, 3.05) is 18.6 Å². The Balaban J connectivity index is 1.71. The fraction of sp³-hybridized carbons (Fsp3) is 0.333. The normalized spacial score (nSPS) is 24.6. The summed E-state index contributed by atoms with van der Waals surface area (Å²) in [6.45, 7) is -0.515. The number of rotatable bonds is 4. The number of carbonyl (C=O) groups excluding carboxylic acids is 1. The molecular formula is C18H18FN5O4. The van der Waals surface area contributed by atoms with Crippen LogP contribution in [0.1, 0.15) is 16.6 Å². The van der Waals surface area contributed by atoms with Crippen LogP contribution in [0, 0.1) is 0 Å². The van der Waals surface area contributed by atoms with Gasteiger partial charge in [0.1, 0.15) is 18.5 Å². The standard InChI is InChI=1S/C18H18FN5O4/c1-23(17(27)10-5-3-2-4-6-10)15-13-16(21-8-20-15)24(9-22-13)18-12(19)14(26)11(7-25)28-18/h2-6,8-9,11-12,14,18,25-26H,7H2,1H3/t11-,12+,14?,18-/m1/s1. The van der Waals surface area contributed by atoms with Crippen LogP contribution in [0.2, 0.25) is 0 Å². The molecule has 10 heteroatoms. The number of aliphatic hydroxyl groups excluding tert-OH is 2. The van der Waals surface area contributed by atoms with Crippen molar-refractivity contribution in [3.8, 4) is 0 Å². The van der Waals surface area contributed by atoms with E-state index in [2.05, 4.69) is 15.0 Å². The van der Waals surface area contributed by atoms with Crippen LogP contribution in [-0.4, -0.2) is 67.7 Å². The number of anilines is 1. The number of hydrogen-bond donors (Lipinski definition) is 2. The fourth-order valence-corrected chi connectivity index (χ4v) is 3.22. The number of hydrogen-bond acceptors (Lipinski definition) is 7. The third-order valence-electron chi connectivity index (χ3n) is 4.73. The maximum atomic E-state index is 14.5. The maximum absolute atomic E-state index is 14.5. The van der Waals surface area contributed by atoms with Gasteiger partial charge in [0.15, 0.2) is 29.4 Å². The molecule has 3 heterocycles. The van der Waals surface area contributed by atoms with Crippen LogP contribution < -0.4 is 4.90 Å². The maximum Gasteiger partial charge on any atom is 0.259 e. The molecule has 146 valence electrons. The van der Waals surface area contributed by atoms with E-state index >= 15 is 0 Å². The van der Waals surface area contributed by atoms with Crippen LogP contribution in [0.5, 0.6) is 0 Å². The Morgan fingerprint density at radius 3 is 2.71 bits per heavy atom. The SMILES string of the molecule is CN(C(=O)c1ccccc1)c1ncnc2c1ncn2[C@@H]1O[C@H](CO)C(O)[C@@H]1F. The van der Waals surface area contributed by atoms with Gasteiger partial charge in [0, 0.05) is 12.6 Å². The highest BCUT2D eigenvalue weighted by atomic mass is 19.1. The first-order valence-electron chi connectivity index (χ1n) is 8.62. The molecule has 4 atom stereocenters. The zero-order chi connectivity index (χ0) is 19.8. The average molecular weight is 387 g/mol. The molecule has 2 aromatic heterocycles. The largest absolute Gasteiger partial charge is 0.394 e. The number of nitrogens with zero attached hydrogens (tertiary/aromatic N) is 5. The lowest BCUT2D eigenvalue weighted by Crippen LogP contribution is -2.30. The lowest BCUT2D eigenvalue weighted by atomic mass is 10.1. The Kier molecular flexibility index (Phi) is 4.75. The van der Waals surface area contributed by atoms with Crippen molar-refractivity contribution < 1.29 is 24.1 Å². The van der Waals surface area contributed by atoms with Crippen LogP contribution in [0.4, 0.5) is 10.2 Å². The van der Waals surface area contributed by atoms with E-state index in [0.29, 0.717) is 5.56 Å². The van der Waals surface area contributed by atoms with Crippen LogP contribution in [-0.2, 0) is 4.74 Å². The van der Waals surface area contributed by atoms with Gasteiger partial charge in [-0.05, 0) is 12.1 Å². The molecule has 0 radical (unpaired) electrons. The summed E-state index contributed by atoms with van der Waals surface area (Å²) in [6.07, 6.45) is -2.91. The van der Waals surface area contributed by atoms with Crippen molar-refractivity contribution in [1.82, 2.24) is 19.5 Å². The van der Waals surface area contributed by atoms with Gasteiger partial charge >= 0.3 is 0 Å². The minimum absolute atomic E-state index is 0.246. The summed E-state index contributed by atoms with van der Waals surface area (Å²) in [7, 11) is 1.56. The first-order chi connectivity index (χ1) is 13.5. The molecule has 28 heavy (non-hydrogen) atoms. The van der Waals surface area contributed by atoms with Crippen LogP contribution in [0.15, 0.2) is 43.0 Å². The molecule has 3 aromatic rings. The lowest BCUT2D eigenvalue weighted by Gasteiger charge is -2.17. The molecule has 1 aromatic carbocycles. The van der Waals surface area contributed by atoms with Crippen molar-refractivity contribution in [2.24, 2.45) is 0 Å². The third kappa shape index (κ3) is 2.91. The number of halogens is 1. The van der Waals surface area contributed by atoms with Crippen molar-refractivity contribution in [3.63, 3.8) is 0 Å². The van der Waals surface area contributed by atoms with Crippen LogP contribution in [0.3, 0.4) is 0 Å². The summed E-state index contributed by atoms with van der Waals surface area (Å²) in [5.41, 5.74) is 1.01. The molecular weight excluding hydrogens is 369 g/mol. The summed E-state index contributed by atoms with van der Waals surface area (Å²) >= 11 is 0. The molecule has 0 bridgehead atoms. The molecule has 1 amide bonds. The Morgan fingerprint density at radius 1 is 1.29 bits per heavy atom. The van der Waals surface area contributed by atoms with E-state index in [1.807, 2.05) is 6.07 Å². The highest BCUT2D eigenvalue weighted by Crippen LogP contribution is 2.34. The van der Waals surface area contributed by atoms with E-state index < -0.39 is 31.2 Å². The van der Waals surface area contributed by atoms with Gasteiger partial charge in [0.2, 0.25) is 0 Å². The molecule has 1 unspecified atom stereocenters. The fourth-order valence-electron chi connectivity index (χ4n) is 3.22. The van der Waals surface area contributed by atoms with E-state index in [1.165, 1.54) is 22.1 Å². The number of aromatic nitrogens is 4. The zero-order valence-electron chi connectivity index (χ0n) is 14.9. The molecule has 0 saturated carbocycles. The van der Waals surface area contributed by atoms with E-state index in [4.69, 9.17) is 4.74 Å². The second-order valence-corrected chi connectivity index (χ2v) is 6.43. The number of alkyl halides is 1. The molecule has 1 aliphatic heterocycles. The summed E-state index contributed by atoms with van der Waals surface area (Å²) in [5.74, 6) is -0.0309. The Bertz CT molecular complexity index is 998. The molecule has 1 fully saturated rings. The Hall–Kier alpha value is -2.95. The summed E-state index contributed by atoms with van der Waals surface area (Å²) in [6, 6.07) is 8.70. The van der Waals surface area contributed by atoms with Gasteiger partial charge in [-0.2, -0.15) is 0 Å². The number of carbonyl (C=O) groups is 1. The highest BCUT2D eigenvalue weighted by Gasteiger charge is 2.45. The molecule has 2 N–H and O–H groups in total. The first-order valence-corrected chi connectivity index (χ1v) is 8.62. The molecule has 1 aliphatic rings. The van der Waals surface area contributed by atoms with Gasteiger partial charge in [0.05, 0.1) is 12.9 Å². The highest BCUT2D eigenvalue weighted by molar-refractivity contribution is 6.08. The topological polar surface area (TPSA) is 114 Å². The molecule has 0 aliphatic carbocycles. The van der Waals surface area contributed by atoms with Crippen LogP contribution in [0.25, 0.3) is 11.2 Å². The minimum atomic E-state index is -1.77. The van der Waals surface area contributed by atoms with Gasteiger partial charge < -0.3 is 14.9 Å².